The molecule has 2 heterocycles. The minimum absolute atomic E-state index is 0.209. The van der Waals surface area contributed by atoms with Crippen molar-refractivity contribution in [2.24, 2.45) is 0 Å². The number of nitrogens with one attached hydrogen (secondary N) is 1. The Labute approximate surface area is 106 Å². The molecule has 0 unspecified atom stereocenters. The molecular weight excluding hydrogens is 234 g/mol. The molecule has 1 fully saturated rings. The second-order valence-corrected chi connectivity index (χ2v) is 4.22. The van der Waals surface area contributed by atoms with Crippen molar-refractivity contribution in [1.82, 2.24) is 10.2 Å². The SMILES string of the molecule is CCCCOc1n[nH]c(=O)cc1N1CCOCC1. The molecule has 6 heteroatoms. The standard InChI is InChI=1S/C12H19N3O3/c1-2-3-6-18-12-10(9-11(16)13-14-12)15-4-7-17-8-5-15/h9H,2-8H2,1H3,(H,13,16). The molecule has 0 atom stereocenters. The Morgan fingerprint density at radius 1 is 1.50 bits per heavy atom. The number of hydrogen-bond acceptors (Lipinski definition) is 5. The van der Waals surface area contributed by atoms with E-state index in [4.69, 9.17) is 9.47 Å². The second-order valence-electron chi connectivity index (χ2n) is 4.22. The van der Waals surface area contributed by atoms with E-state index in [0.717, 1.165) is 31.6 Å². The van der Waals surface area contributed by atoms with Gasteiger partial charge in [-0.05, 0) is 6.42 Å². The molecule has 0 radical (unpaired) electrons. The van der Waals surface area contributed by atoms with Crippen molar-refractivity contribution in [3.05, 3.63) is 16.4 Å². The molecule has 0 bridgehead atoms. The summed E-state index contributed by atoms with van der Waals surface area (Å²) in [6, 6.07) is 1.54. The van der Waals surface area contributed by atoms with Crippen LogP contribution in [0.15, 0.2) is 10.9 Å². The summed E-state index contributed by atoms with van der Waals surface area (Å²) in [6.07, 6.45) is 2.04. The number of anilines is 1. The third-order valence-corrected chi connectivity index (χ3v) is 2.84. The summed E-state index contributed by atoms with van der Waals surface area (Å²) >= 11 is 0. The highest BCUT2D eigenvalue weighted by Crippen LogP contribution is 2.24. The first-order chi connectivity index (χ1) is 8.81. The number of aromatic nitrogens is 2. The van der Waals surface area contributed by atoms with Gasteiger partial charge in [0.2, 0.25) is 0 Å². The molecule has 6 nitrogen and oxygen atoms in total. The van der Waals surface area contributed by atoms with Gasteiger partial charge in [-0.2, -0.15) is 0 Å². The highest BCUT2D eigenvalue weighted by Gasteiger charge is 2.17. The fraction of sp³-hybridized carbons (Fsp3) is 0.667. The van der Waals surface area contributed by atoms with Gasteiger partial charge in [0.05, 0.1) is 19.8 Å². The lowest BCUT2D eigenvalue weighted by Gasteiger charge is -2.29. The van der Waals surface area contributed by atoms with E-state index in [9.17, 15) is 4.79 Å². The van der Waals surface area contributed by atoms with E-state index in [2.05, 4.69) is 22.0 Å². The zero-order chi connectivity index (χ0) is 12.8. The Balaban J connectivity index is 2.14. The maximum Gasteiger partial charge on any atom is 0.266 e. The molecule has 1 N–H and O–H groups in total. The van der Waals surface area contributed by atoms with Crippen molar-refractivity contribution < 1.29 is 9.47 Å². The molecule has 1 aromatic rings. The van der Waals surface area contributed by atoms with Crippen molar-refractivity contribution in [3.8, 4) is 5.88 Å². The average molecular weight is 253 g/mol. The summed E-state index contributed by atoms with van der Waals surface area (Å²) in [5.41, 5.74) is 0.553. The number of aromatic amines is 1. The van der Waals surface area contributed by atoms with Crippen LogP contribution < -0.4 is 15.2 Å². The molecule has 18 heavy (non-hydrogen) atoms. The minimum atomic E-state index is -0.209. The number of rotatable bonds is 5. The zero-order valence-electron chi connectivity index (χ0n) is 10.6. The Morgan fingerprint density at radius 3 is 3.00 bits per heavy atom. The van der Waals surface area contributed by atoms with Crippen molar-refractivity contribution in [3.63, 3.8) is 0 Å². The van der Waals surface area contributed by atoms with Crippen LogP contribution in [0.25, 0.3) is 0 Å². The van der Waals surface area contributed by atoms with E-state index >= 15 is 0 Å². The third-order valence-electron chi connectivity index (χ3n) is 2.84. The first-order valence-electron chi connectivity index (χ1n) is 6.36. The summed E-state index contributed by atoms with van der Waals surface area (Å²) in [4.78, 5) is 13.5. The number of morpholine rings is 1. The first-order valence-corrected chi connectivity index (χ1v) is 6.36. The van der Waals surface area contributed by atoms with Gasteiger partial charge < -0.3 is 14.4 Å². The highest BCUT2D eigenvalue weighted by atomic mass is 16.5. The molecule has 0 amide bonds. The highest BCUT2D eigenvalue weighted by molar-refractivity contribution is 5.54. The van der Waals surface area contributed by atoms with Gasteiger partial charge >= 0.3 is 0 Å². The van der Waals surface area contributed by atoms with Crippen LogP contribution in [0.5, 0.6) is 5.88 Å². The van der Waals surface area contributed by atoms with Crippen LogP contribution in [0.1, 0.15) is 19.8 Å². The molecule has 2 rings (SSSR count). The van der Waals surface area contributed by atoms with Gasteiger partial charge in [0, 0.05) is 19.2 Å². The van der Waals surface area contributed by atoms with Gasteiger partial charge in [-0.25, -0.2) is 5.10 Å². The Bertz CT molecular complexity index is 427. The summed E-state index contributed by atoms with van der Waals surface area (Å²) < 4.78 is 10.9. The van der Waals surface area contributed by atoms with Crippen LogP contribution in [0.4, 0.5) is 5.69 Å². The lowest BCUT2D eigenvalue weighted by Crippen LogP contribution is -2.37. The van der Waals surface area contributed by atoms with Crippen molar-refractivity contribution in [1.29, 1.82) is 0 Å². The molecule has 1 aromatic heterocycles. The lowest BCUT2D eigenvalue weighted by molar-refractivity contribution is 0.122. The van der Waals surface area contributed by atoms with E-state index in [0.29, 0.717) is 25.7 Å². The topological polar surface area (TPSA) is 67.5 Å². The molecule has 100 valence electrons. The van der Waals surface area contributed by atoms with Gasteiger partial charge in [-0.15, -0.1) is 5.10 Å². The molecule has 1 aliphatic heterocycles. The zero-order valence-corrected chi connectivity index (χ0v) is 10.6. The van der Waals surface area contributed by atoms with Crippen molar-refractivity contribution in [2.45, 2.75) is 19.8 Å². The average Bonchev–Trinajstić information content (AvgIpc) is 2.41. The van der Waals surface area contributed by atoms with E-state index < -0.39 is 0 Å². The largest absolute Gasteiger partial charge is 0.475 e. The first kappa shape index (κ1) is 12.9. The number of H-pyrrole nitrogens is 1. The maximum absolute atomic E-state index is 11.4. The van der Waals surface area contributed by atoms with Gasteiger partial charge in [-0.3, -0.25) is 4.79 Å². The summed E-state index contributed by atoms with van der Waals surface area (Å²) in [7, 11) is 0. The Morgan fingerprint density at radius 2 is 2.28 bits per heavy atom. The normalized spacial score (nSPS) is 15.7. The number of hydrogen-bond donors (Lipinski definition) is 1. The summed E-state index contributed by atoms with van der Waals surface area (Å²) in [5.74, 6) is 0.505. The molecule has 0 aliphatic carbocycles. The maximum atomic E-state index is 11.4. The van der Waals surface area contributed by atoms with Crippen LogP contribution in [0, 0.1) is 0 Å². The van der Waals surface area contributed by atoms with E-state index in [1.165, 1.54) is 0 Å². The quantitative estimate of drug-likeness (QED) is 0.786. The van der Waals surface area contributed by atoms with E-state index in [1.54, 1.807) is 6.07 Å². The number of nitrogens with zero attached hydrogens (tertiary/aromatic N) is 2. The molecule has 0 saturated carbocycles. The van der Waals surface area contributed by atoms with E-state index in [-0.39, 0.29) is 5.56 Å². The second kappa shape index (κ2) is 6.39. The number of unbranched alkanes of at least 4 members (excludes halogenated alkanes) is 1. The monoisotopic (exact) mass is 253 g/mol. The van der Waals surface area contributed by atoms with Crippen molar-refractivity contribution in [2.75, 3.05) is 37.8 Å². The molecule has 1 aliphatic rings. The Hall–Kier alpha value is -1.56. The molecule has 0 spiro atoms. The van der Waals surface area contributed by atoms with Crippen molar-refractivity contribution >= 4 is 5.69 Å². The van der Waals surface area contributed by atoms with E-state index in [1.807, 2.05) is 0 Å². The van der Waals surface area contributed by atoms with Gasteiger partial charge in [0.25, 0.3) is 11.4 Å². The Kier molecular flexibility index (Phi) is 4.58. The fourth-order valence-corrected chi connectivity index (χ4v) is 1.83. The summed E-state index contributed by atoms with van der Waals surface area (Å²) in [5, 5.41) is 6.40. The molecular formula is C12H19N3O3. The molecule has 1 saturated heterocycles. The van der Waals surface area contributed by atoms with Gasteiger partial charge in [-0.1, -0.05) is 13.3 Å². The van der Waals surface area contributed by atoms with Crippen LogP contribution in [0.3, 0.4) is 0 Å². The van der Waals surface area contributed by atoms with Crippen LogP contribution in [-0.4, -0.2) is 43.1 Å². The minimum Gasteiger partial charge on any atom is -0.475 e. The smallest absolute Gasteiger partial charge is 0.266 e. The number of ether oxygens (including phenoxy) is 2. The predicted octanol–water partition coefficient (Wildman–Crippen LogP) is 0.785. The van der Waals surface area contributed by atoms with Crippen LogP contribution in [-0.2, 0) is 4.74 Å². The van der Waals surface area contributed by atoms with Crippen LogP contribution >= 0.6 is 0 Å². The molecule has 0 aromatic carbocycles. The van der Waals surface area contributed by atoms with Crippen LogP contribution in [0.2, 0.25) is 0 Å². The van der Waals surface area contributed by atoms with Gasteiger partial charge in [0.15, 0.2) is 0 Å². The van der Waals surface area contributed by atoms with Gasteiger partial charge in [0.1, 0.15) is 5.69 Å². The lowest BCUT2D eigenvalue weighted by atomic mass is 10.3. The summed E-state index contributed by atoms with van der Waals surface area (Å²) in [6.45, 7) is 5.58. The predicted molar refractivity (Wildman–Crippen MR) is 68.3 cm³/mol. The fourth-order valence-electron chi connectivity index (χ4n) is 1.83. The third kappa shape index (κ3) is 3.22.